The highest BCUT2D eigenvalue weighted by Gasteiger charge is 2.06. The van der Waals surface area contributed by atoms with E-state index in [4.69, 9.17) is 16.0 Å². The maximum atomic E-state index is 5.51. The highest BCUT2D eigenvalue weighted by atomic mass is 79.9. The second-order valence-corrected chi connectivity index (χ2v) is 3.89. The summed E-state index contributed by atoms with van der Waals surface area (Å²) in [6, 6.07) is 7.86. The van der Waals surface area contributed by atoms with Crippen molar-refractivity contribution < 1.29 is 4.42 Å². The third kappa shape index (κ3) is 2.13. The molecule has 1 heterocycles. The van der Waals surface area contributed by atoms with E-state index in [1.54, 1.807) is 0 Å². The smallest absolute Gasteiger partial charge is 0.312 e. The predicted molar refractivity (Wildman–Crippen MR) is 56.3 cm³/mol. The fraction of sp³-hybridized carbons (Fsp3) is 0.111. The van der Waals surface area contributed by atoms with Crippen LogP contribution < -0.4 is 0 Å². The molecule has 0 unspecified atom stereocenters. The van der Waals surface area contributed by atoms with Gasteiger partial charge in [-0.25, -0.2) is 0 Å². The predicted octanol–water partition coefficient (Wildman–Crippen LogP) is 3.08. The molecule has 0 radical (unpaired) electrons. The molecular formula is C9H6BrClN2O. The van der Waals surface area contributed by atoms with Crippen LogP contribution in [-0.4, -0.2) is 10.2 Å². The number of aromatic nitrogens is 2. The Morgan fingerprint density at radius 2 is 2.07 bits per heavy atom. The summed E-state index contributed by atoms with van der Waals surface area (Å²) in [5.41, 5.74) is 1.09. The summed E-state index contributed by atoms with van der Waals surface area (Å²) in [7, 11) is 0. The van der Waals surface area contributed by atoms with Gasteiger partial charge in [-0.15, -0.1) is 5.10 Å². The van der Waals surface area contributed by atoms with Crippen LogP contribution in [0.3, 0.4) is 0 Å². The molecule has 0 N–H and O–H groups in total. The molecular weight excluding hydrogens is 267 g/mol. The van der Waals surface area contributed by atoms with Crippen LogP contribution in [-0.2, 0) is 6.42 Å². The quantitative estimate of drug-likeness (QED) is 0.844. The number of rotatable bonds is 2. The molecule has 5 heteroatoms. The van der Waals surface area contributed by atoms with Crippen molar-refractivity contribution in [1.82, 2.24) is 10.2 Å². The molecule has 1 aromatic heterocycles. The first-order chi connectivity index (χ1) is 6.75. The summed E-state index contributed by atoms with van der Waals surface area (Å²) < 4.78 is 6.09. The van der Waals surface area contributed by atoms with E-state index in [1.807, 2.05) is 24.3 Å². The van der Waals surface area contributed by atoms with Gasteiger partial charge in [0.15, 0.2) is 0 Å². The molecule has 0 saturated heterocycles. The lowest BCUT2D eigenvalue weighted by atomic mass is 10.1. The molecule has 0 amide bonds. The molecule has 3 nitrogen and oxygen atoms in total. The maximum Gasteiger partial charge on any atom is 0.312 e. The molecule has 0 spiro atoms. The van der Waals surface area contributed by atoms with Crippen LogP contribution in [0.25, 0.3) is 0 Å². The van der Waals surface area contributed by atoms with Crippen molar-refractivity contribution in [2.24, 2.45) is 0 Å². The molecule has 0 aliphatic carbocycles. The van der Waals surface area contributed by atoms with E-state index in [0.29, 0.717) is 12.3 Å². The minimum atomic E-state index is 0.0760. The molecule has 1 aromatic carbocycles. The molecule has 0 atom stereocenters. The van der Waals surface area contributed by atoms with E-state index in [2.05, 4.69) is 26.1 Å². The van der Waals surface area contributed by atoms with E-state index in [-0.39, 0.29) is 5.35 Å². The van der Waals surface area contributed by atoms with Crippen molar-refractivity contribution in [3.63, 3.8) is 0 Å². The lowest BCUT2D eigenvalue weighted by Gasteiger charge is -1.99. The average Bonchev–Trinajstić information content (AvgIpc) is 2.56. The first kappa shape index (κ1) is 9.68. The summed E-state index contributed by atoms with van der Waals surface area (Å²) in [4.78, 5) is 0. The summed E-state index contributed by atoms with van der Waals surface area (Å²) in [6.45, 7) is 0. The largest absolute Gasteiger partial charge is 0.412 e. The number of hydrogen-bond donors (Lipinski definition) is 0. The van der Waals surface area contributed by atoms with Crippen LogP contribution in [0.15, 0.2) is 33.2 Å². The van der Waals surface area contributed by atoms with E-state index in [1.165, 1.54) is 0 Å². The number of halogens is 2. The van der Waals surface area contributed by atoms with Crippen LogP contribution in [0.1, 0.15) is 11.5 Å². The van der Waals surface area contributed by atoms with Crippen molar-refractivity contribution in [1.29, 1.82) is 0 Å². The normalized spacial score (nSPS) is 10.4. The monoisotopic (exact) mass is 272 g/mol. The Kier molecular flexibility index (Phi) is 2.84. The van der Waals surface area contributed by atoms with Crippen molar-refractivity contribution in [2.75, 3.05) is 0 Å². The molecule has 2 aromatic rings. The van der Waals surface area contributed by atoms with Gasteiger partial charge in [-0.1, -0.05) is 39.2 Å². The van der Waals surface area contributed by atoms with Gasteiger partial charge in [-0.2, -0.15) is 0 Å². The van der Waals surface area contributed by atoms with Gasteiger partial charge in [0.1, 0.15) is 0 Å². The molecule has 14 heavy (non-hydrogen) atoms. The van der Waals surface area contributed by atoms with Gasteiger partial charge in [-0.3, -0.25) is 0 Å². The fourth-order valence-electron chi connectivity index (χ4n) is 1.11. The molecule has 72 valence electrons. The lowest BCUT2D eigenvalue weighted by molar-refractivity contribution is 0.506. The van der Waals surface area contributed by atoms with E-state index in [0.717, 1.165) is 10.0 Å². The van der Waals surface area contributed by atoms with E-state index in [9.17, 15) is 0 Å². The maximum absolute atomic E-state index is 5.51. The zero-order valence-corrected chi connectivity index (χ0v) is 9.42. The van der Waals surface area contributed by atoms with Crippen LogP contribution in [0.5, 0.6) is 0 Å². The van der Waals surface area contributed by atoms with Crippen LogP contribution in [0.4, 0.5) is 0 Å². The van der Waals surface area contributed by atoms with Gasteiger partial charge < -0.3 is 4.42 Å². The Morgan fingerprint density at radius 3 is 2.71 bits per heavy atom. The zero-order valence-electron chi connectivity index (χ0n) is 7.08. The third-order valence-electron chi connectivity index (χ3n) is 1.74. The molecule has 0 aliphatic rings. The first-order valence-corrected chi connectivity index (χ1v) is 5.14. The Morgan fingerprint density at radius 1 is 1.29 bits per heavy atom. The van der Waals surface area contributed by atoms with Crippen LogP contribution >= 0.6 is 27.5 Å². The second kappa shape index (κ2) is 4.11. The Bertz CT molecular complexity index is 444. The highest BCUT2D eigenvalue weighted by molar-refractivity contribution is 9.10. The third-order valence-corrected chi connectivity index (χ3v) is 2.67. The molecule has 0 bridgehead atoms. The van der Waals surface area contributed by atoms with Crippen LogP contribution in [0, 0.1) is 0 Å². The van der Waals surface area contributed by atoms with E-state index >= 15 is 0 Å². The van der Waals surface area contributed by atoms with Gasteiger partial charge in [0.25, 0.3) is 0 Å². The number of hydrogen-bond acceptors (Lipinski definition) is 3. The Labute approximate surface area is 94.2 Å². The highest BCUT2D eigenvalue weighted by Crippen LogP contribution is 2.19. The Balaban J connectivity index is 2.23. The van der Waals surface area contributed by atoms with Crippen molar-refractivity contribution in [2.45, 2.75) is 6.42 Å². The standard InChI is InChI=1S/C9H6BrClN2O/c10-7-4-2-1-3-6(7)5-8-12-13-9(11)14-8/h1-4H,5H2. The van der Waals surface area contributed by atoms with Gasteiger partial charge in [-0.05, 0) is 23.2 Å². The minimum Gasteiger partial charge on any atom is -0.412 e. The van der Waals surface area contributed by atoms with E-state index < -0.39 is 0 Å². The van der Waals surface area contributed by atoms with Crippen LogP contribution in [0.2, 0.25) is 5.35 Å². The second-order valence-electron chi connectivity index (χ2n) is 2.72. The van der Waals surface area contributed by atoms with Gasteiger partial charge in [0.05, 0.1) is 6.42 Å². The molecule has 0 aliphatic heterocycles. The number of nitrogens with zero attached hydrogens (tertiary/aromatic N) is 2. The SMILES string of the molecule is Clc1nnc(Cc2ccccc2Br)o1. The lowest BCUT2D eigenvalue weighted by Crippen LogP contribution is -1.89. The minimum absolute atomic E-state index is 0.0760. The molecule has 2 rings (SSSR count). The van der Waals surface area contributed by atoms with Gasteiger partial charge >= 0.3 is 5.35 Å². The summed E-state index contributed by atoms with van der Waals surface area (Å²) in [5.74, 6) is 0.516. The van der Waals surface area contributed by atoms with Crippen molar-refractivity contribution in [3.05, 3.63) is 45.5 Å². The first-order valence-electron chi connectivity index (χ1n) is 3.97. The van der Waals surface area contributed by atoms with Gasteiger partial charge in [0.2, 0.25) is 5.89 Å². The van der Waals surface area contributed by atoms with Crippen molar-refractivity contribution in [3.8, 4) is 0 Å². The zero-order chi connectivity index (χ0) is 9.97. The summed E-state index contributed by atoms with van der Waals surface area (Å²) in [5, 5.41) is 7.43. The molecule has 0 fully saturated rings. The molecule has 0 saturated carbocycles. The summed E-state index contributed by atoms with van der Waals surface area (Å²) in [6.07, 6.45) is 0.584. The average molecular weight is 274 g/mol. The number of benzene rings is 1. The van der Waals surface area contributed by atoms with Gasteiger partial charge in [0, 0.05) is 4.47 Å². The van der Waals surface area contributed by atoms with Crippen molar-refractivity contribution >= 4 is 27.5 Å². The topological polar surface area (TPSA) is 38.9 Å². The Hall–Kier alpha value is -0.870. The fourth-order valence-corrected chi connectivity index (χ4v) is 1.66. The summed E-state index contributed by atoms with van der Waals surface area (Å²) >= 11 is 8.95.